The summed E-state index contributed by atoms with van der Waals surface area (Å²) in [4.78, 5) is 6.30. The largest absolute Gasteiger partial charge is 0.417 e. The Labute approximate surface area is 119 Å². The highest BCUT2D eigenvalue weighted by Crippen LogP contribution is 2.24. The van der Waals surface area contributed by atoms with E-state index in [0.717, 1.165) is 24.3 Å². The van der Waals surface area contributed by atoms with E-state index in [4.69, 9.17) is 9.15 Å². The third-order valence-corrected chi connectivity index (χ3v) is 2.80. The van der Waals surface area contributed by atoms with Crippen molar-refractivity contribution in [1.29, 1.82) is 0 Å². The number of rotatable bonds is 7. The van der Waals surface area contributed by atoms with Crippen molar-refractivity contribution >= 4 is 5.69 Å². The van der Waals surface area contributed by atoms with Crippen LogP contribution in [0.15, 0.2) is 34.9 Å². The zero-order valence-corrected chi connectivity index (χ0v) is 12.2. The van der Waals surface area contributed by atoms with Gasteiger partial charge in [-0.2, -0.15) is 4.98 Å². The molecule has 0 aliphatic rings. The highest BCUT2D eigenvalue weighted by Gasteiger charge is 2.07. The summed E-state index contributed by atoms with van der Waals surface area (Å²) in [6, 6.07) is 7.78. The van der Waals surface area contributed by atoms with E-state index in [1.807, 2.05) is 43.3 Å². The molecule has 1 heterocycles. The molecule has 0 aliphatic heterocycles. The van der Waals surface area contributed by atoms with Gasteiger partial charge in [0.2, 0.25) is 0 Å². The molecule has 5 heteroatoms. The minimum atomic E-state index is 0.272. The lowest BCUT2D eigenvalue weighted by molar-refractivity contribution is 0.331. The molecule has 0 unspecified atom stereocenters. The summed E-state index contributed by atoms with van der Waals surface area (Å²) in [6.07, 6.45) is 2.99. The second-order valence-corrected chi connectivity index (χ2v) is 4.78. The molecule has 1 aromatic heterocycles. The molecule has 0 spiro atoms. The highest BCUT2D eigenvalue weighted by molar-refractivity contribution is 5.49. The smallest absolute Gasteiger partial charge is 0.399 e. The van der Waals surface area contributed by atoms with Gasteiger partial charge in [-0.05, 0) is 25.1 Å². The molecule has 20 heavy (non-hydrogen) atoms. The molecule has 0 radical (unpaired) electrons. The summed E-state index contributed by atoms with van der Waals surface area (Å²) in [6.45, 7) is 3.79. The van der Waals surface area contributed by atoms with Crippen LogP contribution in [0.2, 0.25) is 0 Å². The fraction of sp³-hybridized carbons (Fsp3) is 0.400. The van der Waals surface area contributed by atoms with Crippen molar-refractivity contribution in [2.45, 2.75) is 19.9 Å². The van der Waals surface area contributed by atoms with E-state index in [1.165, 1.54) is 0 Å². The summed E-state index contributed by atoms with van der Waals surface area (Å²) in [5.41, 5.74) is 1.91. The Bertz CT molecular complexity index is 537. The first-order valence-electron chi connectivity index (χ1n) is 6.79. The van der Waals surface area contributed by atoms with E-state index >= 15 is 0 Å². The average Bonchev–Trinajstić information content (AvgIpc) is 2.87. The Morgan fingerprint density at radius 3 is 2.95 bits per heavy atom. The van der Waals surface area contributed by atoms with Gasteiger partial charge in [0, 0.05) is 32.4 Å². The highest BCUT2D eigenvalue weighted by atomic mass is 16.6. The van der Waals surface area contributed by atoms with Gasteiger partial charge in [-0.25, -0.2) is 0 Å². The molecular weight excluding hydrogens is 254 g/mol. The number of anilines is 1. The number of ether oxygens (including phenoxy) is 1. The maximum Gasteiger partial charge on any atom is 0.399 e. The van der Waals surface area contributed by atoms with Gasteiger partial charge < -0.3 is 19.4 Å². The molecular formula is C15H21N3O2. The summed E-state index contributed by atoms with van der Waals surface area (Å²) in [5, 5.41) is 3.27. The molecule has 0 atom stereocenters. The van der Waals surface area contributed by atoms with Gasteiger partial charge in [0.15, 0.2) is 0 Å². The molecule has 5 nitrogen and oxygen atoms in total. The van der Waals surface area contributed by atoms with Crippen LogP contribution in [0.4, 0.5) is 5.69 Å². The van der Waals surface area contributed by atoms with E-state index in [0.29, 0.717) is 12.3 Å². The van der Waals surface area contributed by atoms with Gasteiger partial charge in [0.25, 0.3) is 0 Å². The van der Waals surface area contributed by atoms with Crippen molar-refractivity contribution in [1.82, 2.24) is 10.3 Å². The number of hydrogen-bond acceptors (Lipinski definition) is 5. The number of benzene rings is 1. The Hall–Kier alpha value is -2.01. The van der Waals surface area contributed by atoms with E-state index in [-0.39, 0.29) is 6.08 Å². The van der Waals surface area contributed by atoms with Gasteiger partial charge in [-0.3, -0.25) is 0 Å². The molecule has 1 aromatic carbocycles. The minimum absolute atomic E-state index is 0.272. The Morgan fingerprint density at radius 2 is 2.20 bits per heavy atom. The van der Waals surface area contributed by atoms with E-state index in [2.05, 4.69) is 17.2 Å². The van der Waals surface area contributed by atoms with Crippen LogP contribution in [0.5, 0.6) is 11.8 Å². The quantitative estimate of drug-likeness (QED) is 0.787. The number of nitrogens with zero attached hydrogens (tertiary/aromatic N) is 2. The first-order valence-corrected chi connectivity index (χ1v) is 6.79. The third kappa shape index (κ3) is 3.99. The maximum atomic E-state index is 5.62. The van der Waals surface area contributed by atoms with Crippen LogP contribution >= 0.6 is 0 Å². The topological polar surface area (TPSA) is 50.5 Å². The van der Waals surface area contributed by atoms with Crippen LogP contribution in [0, 0.1) is 0 Å². The lowest BCUT2D eigenvalue weighted by atomic mass is 10.3. The van der Waals surface area contributed by atoms with Crippen molar-refractivity contribution in [2.24, 2.45) is 0 Å². The molecule has 0 saturated carbocycles. The molecule has 2 rings (SSSR count). The normalized spacial score (nSPS) is 10.6. The number of aromatic nitrogens is 1. The summed E-state index contributed by atoms with van der Waals surface area (Å²) >= 11 is 0. The third-order valence-electron chi connectivity index (χ3n) is 2.80. The van der Waals surface area contributed by atoms with E-state index in [1.54, 1.807) is 6.26 Å². The fourth-order valence-electron chi connectivity index (χ4n) is 1.74. The molecule has 2 aromatic rings. The molecule has 0 saturated heterocycles. The lowest BCUT2D eigenvalue weighted by Crippen LogP contribution is -2.13. The number of hydrogen-bond donors (Lipinski definition) is 1. The molecule has 1 N–H and O–H groups in total. The van der Waals surface area contributed by atoms with Crippen LogP contribution in [-0.4, -0.2) is 25.6 Å². The van der Waals surface area contributed by atoms with Crippen molar-refractivity contribution in [2.75, 3.05) is 25.5 Å². The van der Waals surface area contributed by atoms with Crippen LogP contribution in [0.1, 0.15) is 19.0 Å². The number of oxazole rings is 1. The standard InChI is InChI=1S/C15H21N3O2/c1-4-8-16-10-12-11-19-15(17-12)20-14-7-5-6-13(9-14)18(2)3/h5-7,9,11,16H,4,8,10H2,1-3H3. The second kappa shape index (κ2) is 6.96. The van der Waals surface area contributed by atoms with Crippen LogP contribution < -0.4 is 15.0 Å². The zero-order valence-electron chi connectivity index (χ0n) is 12.2. The van der Waals surface area contributed by atoms with Gasteiger partial charge in [0.05, 0.1) is 5.69 Å². The van der Waals surface area contributed by atoms with Crippen molar-refractivity contribution in [3.63, 3.8) is 0 Å². The summed E-state index contributed by atoms with van der Waals surface area (Å²) in [5.74, 6) is 0.714. The maximum absolute atomic E-state index is 5.62. The second-order valence-electron chi connectivity index (χ2n) is 4.78. The van der Waals surface area contributed by atoms with Gasteiger partial charge in [0.1, 0.15) is 12.0 Å². The Kier molecular flexibility index (Phi) is 5.01. The average molecular weight is 275 g/mol. The van der Waals surface area contributed by atoms with E-state index < -0.39 is 0 Å². The Balaban J connectivity index is 1.97. The lowest BCUT2D eigenvalue weighted by Gasteiger charge is -2.12. The van der Waals surface area contributed by atoms with Crippen LogP contribution in [0.3, 0.4) is 0 Å². The predicted molar refractivity (Wildman–Crippen MR) is 79.3 cm³/mol. The first-order chi connectivity index (χ1) is 9.69. The first kappa shape index (κ1) is 14.4. The van der Waals surface area contributed by atoms with Gasteiger partial charge in [-0.15, -0.1) is 0 Å². The SMILES string of the molecule is CCCNCc1coc(Oc2cccc(N(C)C)c2)n1. The predicted octanol–water partition coefficient (Wildman–Crippen LogP) is 3.03. The minimum Gasteiger partial charge on any atom is -0.417 e. The van der Waals surface area contributed by atoms with Gasteiger partial charge >= 0.3 is 6.08 Å². The van der Waals surface area contributed by atoms with Crippen molar-refractivity contribution in [3.05, 3.63) is 36.2 Å². The number of nitrogens with one attached hydrogen (secondary N) is 1. The molecule has 0 fully saturated rings. The zero-order chi connectivity index (χ0) is 14.4. The molecule has 0 bridgehead atoms. The Morgan fingerprint density at radius 1 is 1.35 bits per heavy atom. The van der Waals surface area contributed by atoms with Gasteiger partial charge in [-0.1, -0.05) is 13.0 Å². The van der Waals surface area contributed by atoms with Crippen molar-refractivity contribution in [3.8, 4) is 11.8 Å². The van der Waals surface area contributed by atoms with Crippen molar-refractivity contribution < 1.29 is 9.15 Å². The van der Waals surface area contributed by atoms with Crippen LogP contribution in [0.25, 0.3) is 0 Å². The fourth-order valence-corrected chi connectivity index (χ4v) is 1.74. The van der Waals surface area contributed by atoms with E-state index in [9.17, 15) is 0 Å². The molecule has 0 aliphatic carbocycles. The molecule has 0 amide bonds. The summed E-state index contributed by atoms with van der Waals surface area (Å²) < 4.78 is 10.9. The summed E-state index contributed by atoms with van der Waals surface area (Å²) in [7, 11) is 3.98. The monoisotopic (exact) mass is 275 g/mol. The van der Waals surface area contributed by atoms with Crippen LogP contribution in [-0.2, 0) is 6.54 Å². The molecule has 108 valence electrons.